The van der Waals surface area contributed by atoms with Crippen molar-refractivity contribution >= 4 is 17.5 Å². The van der Waals surface area contributed by atoms with Crippen LogP contribution in [0.15, 0.2) is 48.7 Å². The summed E-state index contributed by atoms with van der Waals surface area (Å²) < 4.78 is 5.13. The Bertz CT molecular complexity index is 731. The lowest BCUT2D eigenvalue weighted by Gasteiger charge is -2.17. The number of pyridine rings is 1. The summed E-state index contributed by atoms with van der Waals surface area (Å²) in [5.74, 6) is 0.299. The molecule has 1 aliphatic heterocycles. The second-order valence-electron chi connectivity index (χ2n) is 5.97. The van der Waals surface area contributed by atoms with Crippen LogP contribution in [0.2, 0.25) is 0 Å². The third-order valence-corrected chi connectivity index (χ3v) is 4.29. The van der Waals surface area contributed by atoms with Crippen LogP contribution in [-0.2, 0) is 16.0 Å². The Kier molecular flexibility index (Phi) is 5.28. The zero-order valence-corrected chi connectivity index (χ0v) is 14.1. The number of carbonyl (C=O) groups excluding carboxylic acids is 2. The van der Waals surface area contributed by atoms with Crippen LogP contribution in [0, 0.1) is 5.92 Å². The van der Waals surface area contributed by atoms with Crippen LogP contribution in [0.25, 0.3) is 0 Å². The monoisotopic (exact) mass is 339 g/mol. The number of rotatable bonds is 6. The van der Waals surface area contributed by atoms with E-state index in [9.17, 15) is 9.59 Å². The molecule has 1 aromatic carbocycles. The van der Waals surface area contributed by atoms with E-state index in [0.717, 1.165) is 17.1 Å². The lowest BCUT2D eigenvalue weighted by atomic mass is 10.1. The zero-order chi connectivity index (χ0) is 17.6. The Balaban J connectivity index is 1.53. The van der Waals surface area contributed by atoms with Gasteiger partial charge in [0.05, 0.1) is 13.0 Å². The summed E-state index contributed by atoms with van der Waals surface area (Å²) in [5, 5.41) is 2.91. The van der Waals surface area contributed by atoms with Crippen LogP contribution in [0.1, 0.15) is 12.1 Å². The van der Waals surface area contributed by atoms with Crippen LogP contribution in [0.5, 0.6) is 5.75 Å². The van der Waals surface area contributed by atoms with E-state index < -0.39 is 0 Å². The Morgan fingerprint density at radius 2 is 2.08 bits per heavy atom. The highest BCUT2D eigenvalue weighted by Crippen LogP contribution is 2.26. The van der Waals surface area contributed by atoms with Gasteiger partial charge in [-0.05, 0) is 36.4 Å². The van der Waals surface area contributed by atoms with Crippen molar-refractivity contribution < 1.29 is 14.3 Å². The molecular weight excluding hydrogens is 318 g/mol. The minimum absolute atomic E-state index is 0.0324. The highest BCUT2D eigenvalue weighted by molar-refractivity contribution is 6.00. The number of aromatic nitrogens is 1. The Labute approximate surface area is 146 Å². The molecule has 3 rings (SSSR count). The van der Waals surface area contributed by atoms with Gasteiger partial charge in [-0.25, -0.2) is 0 Å². The fraction of sp³-hybridized carbons (Fsp3) is 0.316. The quantitative estimate of drug-likeness (QED) is 0.871. The first-order valence-corrected chi connectivity index (χ1v) is 8.29. The maximum absolute atomic E-state index is 12.3. The maximum Gasteiger partial charge on any atom is 0.227 e. The van der Waals surface area contributed by atoms with Crippen molar-refractivity contribution in [1.29, 1.82) is 0 Å². The number of carbonyl (C=O) groups is 2. The number of hydrogen-bond donors (Lipinski definition) is 1. The topological polar surface area (TPSA) is 71.5 Å². The molecule has 1 fully saturated rings. The first-order chi connectivity index (χ1) is 12.2. The lowest BCUT2D eigenvalue weighted by Crippen LogP contribution is -2.34. The maximum atomic E-state index is 12.3. The lowest BCUT2D eigenvalue weighted by molar-refractivity contribution is -0.126. The first kappa shape index (κ1) is 17.0. The van der Waals surface area contributed by atoms with E-state index in [0.29, 0.717) is 19.5 Å². The third-order valence-electron chi connectivity index (χ3n) is 4.29. The molecule has 1 atom stereocenters. The Morgan fingerprint density at radius 3 is 2.76 bits per heavy atom. The SMILES string of the molecule is COc1ccc(N2C[C@@H](C(=O)NCCc3ccccn3)CC2=O)cc1. The average Bonchev–Trinajstić information content (AvgIpc) is 3.04. The number of amides is 2. The molecule has 6 nitrogen and oxygen atoms in total. The van der Waals surface area contributed by atoms with Crippen molar-refractivity contribution in [1.82, 2.24) is 10.3 Å². The predicted molar refractivity (Wildman–Crippen MR) is 94.4 cm³/mol. The van der Waals surface area contributed by atoms with Gasteiger partial charge in [0, 0.05) is 43.5 Å². The van der Waals surface area contributed by atoms with Gasteiger partial charge in [-0.15, -0.1) is 0 Å². The van der Waals surface area contributed by atoms with Crippen LogP contribution in [0.3, 0.4) is 0 Å². The smallest absolute Gasteiger partial charge is 0.227 e. The van der Waals surface area contributed by atoms with Crippen LogP contribution in [-0.4, -0.2) is 37.0 Å². The molecule has 130 valence electrons. The van der Waals surface area contributed by atoms with Gasteiger partial charge in [-0.2, -0.15) is 0 Å². The molecule has 1 saturated heterocycles. The molecule has 2 aromatic rings. The summed E-state index contributed by atoms with van der Waals surface area (Å²) in [6.07, 6.45) is 2.65. The summed E-state index contributed by atoms with van der Waals surface area (Å²) in [5.41, 5.74) is 1.72. The van der Waals surface area contributed by atoms with Crippen LogP contribution < -0.4 is 15.0 Å². The highest BCUT2D eigenvalue weighted by atomic mass is 16.5. The van der Waals surface area contributed by atoms with E-state index in [-0.39, 0.29) is 24.2 Å². The molecular formula is C19H21N3O3. The number of nitrogens with one attached hydrogen (secondary N) is 1. The average molecular weight is 339 g/mol. The normalized spacial score (nSPS) is 16.8. The van der Waals surface area contributed by atoms with E-state index in [1.165, 1.54) is 0 Å². The minimum Gasteiger partial charge on any atom is -0.497 e. The summed E-state index contributed by atoms with van der Waals surface area (Å²) in [6, 6.07) is 13.0. The molecule has 0 radical (unpaired) electrons. The molecule has 1 N–H and O–H groups in total. The molecule has 0 unspecified atom stereocenters. The molecule has 25 heavy (non-hydrogen) atoms. The van der Waals surface area contributed by atoms with Gasteiger partial charge in [-0.1, -0.05) is 6.07 Å². The van der Waals surface area contributed by atoms with Gasteiger partial charge in [0.1, 0.15) is 5.75 Å². The van der Waals surface area contributed by atoms with Crippen molar-refractivity contribution in [3.05, 3.63) is 54.4 Å². The number of ether oxygens (including phenoxy) is 1. The molecule has 0 saturated carbocycles. The minimum atomic E-state index is -0.321. The Morgan fingerprint density at radius 1 is 1.28 bits per heavy atom. The van der Waals surface area contributed by atoms with Crippen LogP contribution >= 0.6 is 0 Å². The number of nitrogens with zero attached hydrogens (tertiary/aromatic N) is 2. The van der Waals surface area contributed by atoms with E-state index in [4.69, 9.17) is 4.74 Å². The van der Waals surface area contributed by atoms with Gasteiger partial charge in [0.15, 0.2) is 0 Å². The highest BCUT2D eigenvalue weighted by Gasteiger charge is 2.34. The Hall–Kier alpha value is -2.89. The molecule has 0 bridgehead atoms. The van der Waals surface area contributed by atoms with Gasteiger partial charge in [0.2, 0.25) is 11.8 Å². The van der Waals surface area contributed by atoms with Gasteiger partial charge in [0.25, 0.3) is 0 Å². The number of hydrogen-bond acceptors (Lipinski definition) is 4. The van der Waals surface area contributed by atoms with Crippen molar-refractivity contribution in [2.45, 2.75) is 12.8 Å². The number of benzene rings is 1. The van der Waals surface area contributed by atoms with Crippen molar-refractivity contribution in [3.63, 3.8) is 0 Å². The molecule has 0 aliphatic carbocycles. The van der Waals surface area contributed by atoms with Crippen molar-refractivity contribution in [2.24, 2.45) is 5.92 Å². The summed E-state index contributed by atoms with van der Waals surface area (Å²) >= 11 is 0. The van der Waals surface area contributed by atoms with Crippen LogP contribution in [0.4, 0.5) is 5.69 Å². The predicted octanol–water partition coefficient (Wildman–Crippen LogP) is 1.80. The standard InChI is InChI=1S/C19H21N3O3/c1-25-17-7-5-16(6-8-17)22-13-14(12-18(22)23)19(24)21-11-9-15-4-2-3-10-20-15/h2-8,10,14H,9,11-13H2,1H3,(H,21,24)/t14-/m0/s1. The van der Waals surface area contributed by atoms with E-state index in [1.807, 2.05) is 42.5 Å². The second-order valence-corrected chi connectivity index (χ2v) is 5.97. The fourth-order valence-corrected chi connectivity index (χ4v) is 2.90. The number of methoxy groups -OCH3 is 1. The largest absolute Gasteiger partial charge is 0.497 e. The summed E-state index contributed by atoms with van der Waals surface area (Å²) in [7, 11) is 1.60. The van der Waals surface area contributed by atoms with Crippen molar-refractivity contribution in [3.8, 4) is 5.75 Å². The summed E-state index contributed by atoms with van der Waals surface area (Å²) in [4.78, 5) is 30.5. The van der Waals surface area contributed by atoms with E-state index in [1.54, 1.807) is 18.2 Å². The molecule has 2 amide bonds. The first-order valence-electron chi connectivity index (χ1n) is 8.29. The van der Waals surface area contributed by atoms with Gasteiger partial charge < -0.3 is 15.0 Å². The fourth-order valence-electron chi connectivity index (χ4n) is 2.90. The molecule has 1 aliphatic rings. The van der Waals surface area contributed by atoms with E-state index in [2.05, 4.69) is 10.3 Å². The number of anilines is 1. The van der Waals surface area contributed by atoms with Crippen molar-refractivity contribution in [2.75, 3.05) is 25.1 Å². The molecule has 0 spiro atoms. The molecule has 6 heteroatoms. The summed E-state index contributed by atoms with van der Waals surface area (Å²) in [6.45, 7) is 0.920. The van der Waals surface area contributed by atoms with E-state index >= 15 is 0 Å². The zero-order valence-electron chi connectivity index (χ0n) is 14.1. The molecule has 1 aromatic heterocycles. The van der Waals surface area contributed by atoms with Gasteiger partial charge >= 0.3 is 0 Å². The third kappa shape index (κ3) is 4.15. The molecule has 2 heterocycles. The second kappa shape index (κ2) is 7.79. The van der Waals surface area contributed by atoms with Gasteiger partial charge in [-0.3, -0.25) is 14.6 Å².